The number of hydrogen-bond donors (Lipinski definition) is 1. The molecule has 4 atom stereocenters. The van der Waals surface area contributed by atoms with Crippen LogP contribution < -0.4 is 5.73 Å². The predicted molar refractivity (Wildman–Crippen MR) is 73.0 cm³/mol. The van der Waals surface area contributed by atoms with Gasteiger partial charge < -0.3 is 5.73 Å². The lowest BCUT2D eigenvalue weighted by atomic mass is 9.81. The van der Waals surface area contributed by atoms with Crippen molar-refractivity contribution in [1.29, 1.82) is 0 Å². The maximum atomic E-state index is 12.4. The number of carbonyl (C=O) groups is 1. The molecule has 2 saturated carbocycles. The highest BCUT2D eigenvalue weighted by atomic mass is 79.9. The van der Waals surface area contributed by atoms with Crippen LogP contribution in [0.15, 0.2) is 15.9 Å². The first kappa shape index (κ1) is 11.9. The zero-order valence-corrected chi connectivity index (χ0v) is 12.0. The highest BCUT2D eigenvalue weighted by molar-refractivity contribution is 9.10. The van der Waals surface area contributed by atoms with E-state index in [1.54, 1.807) is 11.3 Å². The SMILES string of the molecule is NC1C2CCC(C2)C1C(=O)Cc1sccc1Br. The van der Waals surface area contributed by atoms with Crippen molar-refractivity contribution in [1.82, 2.24) is 0 Å². The van der Waals surface area contributed by atoms with Crippen molar-refractivity contribution < 1.29 is 4.79 Å². The quantitative estimate of drug-likeness (QED) is 0.932. The van der Waals surface area contributed by atoms with Gasteiger partial charge in [-0.25, -0.2) is 0 Å². The molecule has 1 heterocycles. The van der Waals surface area contributed by atoms with Gasteiger partial charge in [0.05, 0.1) is 0 Å². The Kier molecular flexibility index (Phi) is 3.13. The molecule has 0 amide bonds. The Hall–Kier alpha value is -0.190. The van der Waals surface area contributed by atoms with Crippen LogP contribution in [0.3, 0.4) is 0 Å². The van der Waals surface area contributed by atoms with Crippen molar-refractivity contribution >= 4 is 33.0 Å². The zero-order chi connectivity index (χ0) is 12.0. The second-order valence-electron chi connectivity index (χ2n) is 5.27. The number of fused-ring (bicyclic) bond motifs is 2. The molecule has 0 radical (unpaired) electrons. The van der Waals surface area contributed by atoms with Crippen LogP contribution >= 0.6 is 27.3 Å². The maximum absolute atomic E-state index is 12.4. The molecular weight excluding hydrogens is 298 g/mol. The minimum absolute atomic E-state index is 0.125. The lowest BCUT2D eigenvalue weighted by molar-refractivity contribution is -0.124. The van der Waals surface area contributed by atoms with E-state index in [0.717, 1.165) is 9.35 Å². The second-order valence-corrected chi connectivity index (χ2v) is 7.13. The van der Waals surface area contributed by atoms with Crippen LogP contribution in [0.4, 0.5) is 0 Å². The molecule has 0 spiro atoms. The van der Waals surface area contributed by atoms with Crippen molar-refractivity contribution in [2.75, 3.05) is 0 Å². The number of ketones is 1. The minimum atomic E-state index is 0.125. The maximum Gasteiger partial charge on any atom is 0.143 e. The minimum Gasteiger partial charge on any atom is -0.327 e. The van der Waals surface area contributed by atoms with E-state index in [9.17, 15) is 4.79 Å². The summed E-state index contributed by atoms with van der Waals surface area (Å²) in [6.07, 6.45) is 4.18. The van der Waals surface area contributed by atoms with Crippen LogP contribution in [0.1, 0.15) is 24.1 Å². The summed E-state index contributed by atoms with van der Waals surface area (Å²) >= 11 is 5.14. The summed E-state index contributed by atoms with van der Waals surface area (Å²) in [6, 6.07) is 2.13. The van der Waals surface area contributed by atoms with Crippen molar-refractivity contribution in [3.8, 4) is 0 Å². The lowest BCUT2D eigenvalue weighted by Gasteiger charge is -2.26. The van der Waals surface area contributed by atoms with Crippen molar-refractivity contribution in [3.05, 3.63) is 20.8 Å². The Balaban J connectivity index is 1.73. The first-order valence-electron chi connectivity index (χ1n) is 6.17. The van der Waals surface area contributed by atoms with Gasteiger partial charge >= 0.3 is 0 Å². The Morgan fingerprint density at radius 1 is 1.47 bits per heavy atom. The molecule has 17 heavy (non-hydrogen) atoms. The van der Waals surface area contributed by atoms with Gasteiger partial charge in [0.15, 0.2) is 0 Å². The highest BCUT2D eigenvalue weighted by Crippen LogP contribution is 2.48. The van der Waals surface area contributed by atoms with Crippen LogP contribution in [0, 0.1) is 17.8 Å². The van der Waals surface area contributed by atoms with Crippen molar-refractivity contribution in [3.63, 3.8) is 0 Å². The molecule has 2 aliphatic carbocycles. The molecule has 92 valence electrons. The van der Waals surface area contributed by atoms with Gasteiger partial charge in [-0.3, -0.25) is 4.79 Å². The van der Waals surface area contributed by atoms with Gasteiger partial charge in [0.1, 0.15) is 5.78 Å². The molecule has 2 N–H and O–H groups in total. The van der Waals surface area contributed by atoms with E-state index in [0.29, 0.717) is 24.0 Å². The first-order chi connectivity index (χ1) is 8.16. The average molecular weight is 314 g/mol. The summed E-state index contributed by atoms with van der Waals surface area (Å²) in [7, 11) is 0. The van der Waals surface area contributed by atoms with Crippen LogP contribution in [-0.4, -0.2) is 11.8 Å². The predicted octanol–water partition coefficient (Wildman–Crippen LogP) is 3.00. The largest absolute Gasteiger partial charge is 0.327 e. The molecule has 2 fully saturated rings. The summed E-state index contributed by atoms with van der Waals surface area (Å²) in [5.74, 6) is 1.66. The first-order valence-corrected chi connectivity index (χ1v) is 7.84. The number of Topliss-reactive ketones (excluding diaryl/α,β-unsaturated/α-hetero) is 1. The Morgan fingerprint density at radius 3 is 2.82 bits per heavy atom. The molecule has 4 heteroatoms. The van der Waals surface area contributed by atoms with Gasteiger partial charge in [0, 0.05) is 27.7 Å². The van der Waals surface area contributed by atoms with E-state index in [-0.39, 0.29) is 12.0 Å². The molecule has 0 saturated heterocycles. The van der Waals surface area contributed by atoms with Gasteiger partial charge in [0.25, 0.3) is 0 Å². The van der Waals surface area contributed by atoms with Gasteiger partial charge in [-0.1, -0.05) is 0 Å². The summed E-state index contributed by atoms with van der Waals surface area (Å²) in [6.45, 7) is 0. The van der Waals surface area contributed by atoms with Crippen molar-refractivity contribution in [2.24, 2.45) is 23.5 Å². The van der Waals surface area contributed by atoms with E-state index >= 15 is 0 Å². The molecule has 4 unspecified atom stereocenters. The van der Waals surface area contributed by atoms with Crippen LogP contribution in [0.25, 0.3) is 0 Å². The van der Waals surface area contributed by atoms with E-state index in [4.69, 9.17) is 5.73 Å². The summed E-state index contributed by atoms with van der Waals surface area (Å²) in [4.78, 5) is 13.5. The Labute approximate surface area is 114 Å². The van der Waals surface area contributed by atoms with Crippen molar-refractivity contribution in [2.45, 2.75) is 31.7 Å². The number of thiophene rings is 1. The molecule has 1 aromatic rings. The van der Waals surface area contributed by atoms with E-state index in [1.807, 2.05) is 11.4 Å². The number of nitrogens with two attached hydrogens (primary N) is 1. The fraction of sp³-hybridized carbons (Fsp3) is 0.615. The monoisotopic (exact) mass is 313 g/mol. The standard InChI is InChI=1S/C13H16BrNOS/c14-9-3-4-17-11(9)6-10(16)12-7-1-2-8(5-7)13(12)15/h3-4,7-8,12-13H,1-2,5-6,15H2. The fourth-order valence-electron chi connectivity index (χ4n) is 3.54. The lowest BCUT2D eigenvalue weighted by Crippen LogP contribution is -2.40. The van der Waals surface area contributed by atoms with Gasteiger partial charge in [0.2, 0.25) is 0 Å². The molecule has 0 aliphatic heterocycles. The number of halogens is 1. The normalized spacial score (nSPS) is 35.4. The van der Waals surface area contributed by atoms with Gasteiger partial charge in [-0.15, -0.1) is 11.3 Å². The van der Waals surface area contributed by atoms with Crippen LogP contribution in [0.2, 0.25) is 0 Å². The molecule has 0 aromatic carbocycles. The Morgan fingerprint density at radius 2 is 2.24 bits per heavy atom. The molecule has 1 aromatic heterocycles. The number of rotatable bonds is 3. The van der Waals surface area contributed by atoms with Gasteiger partial charge in [-0.05, 0) is 58.5 Å². The molecule has 2 nitrogen and oxygen atoms in total. The highest BCUT2D eigenvalue weighted by Gasteiger charge is 2.48. The summed E-state index contributed by atoms with van der Waals surface area (Å²) in [5, 5.41) is 2.02. The summed E-state index contributed by atoms with van der Waals surface area (Å²) < 4.78 is 1.06. The third-order valence-electron chi connectivity index (χ3n) is 4.38. The fourth-order valence-corrected chi connectivity index (χ4v) is 5.04. The zero-order valence-electron chi connectivity index (χ0n) is 9.56. The van der Waals surface area contributed by atoms with Crippen LogP contribution in [-0.2, 0) is 11.2 Å². The average Bonchev–Trinajstić information content (AvgIpc) is 2.95. The Bertz CT molecular complexity index is 442. The van der Waals surface area contributed by atoms with E-state index < -0.39 is 0 Å². The number of carbonyl (C=O) groups excluding carboxylic acids is 1. The molecular formula is C13H16BrNOS. The molecule has 2 bridgehead atoms. The molecule has 3 rings (SSSR count). The smallest absolute Gasteiger partial charge is 0.143 e. The topological polar surface area (TPSA) is 43.1 Å². The summed E-state index contributed by atoms with van der Waals surface area (Å²) in [5.41, 5.74) is 6.20. The van der Waals surface area contributed by atoms with E-state index in [1.165, 1.54) is 19.3 Å². The molecule has 2 aliphatic rings. The third-order valence-corrected chi connectivity index (χ3v) is 6.30. The second kappa shape index (κ2) is 4.48. The van der Waals surface area contributed by atoms with Gasteiger partial charge in [-0.2, -0.15) is 0 Å². The van der Waals surface area contributed by atoms with E-state index in [2.05, 4.69) is 15.9 Å². The number of hydrogen-bond acceptors (Lipinski definition) is 3. The third kappa shape index (κ3) is 2.00. The van der Waals surface area contributed by atoms with Crippen LogP contribution in [0.5, 0.6) is 0 Å².